The summed E-state index contributed by atoms with van der Waals surface area (Å²) >= 11 is 0. The van der Waals surface area contributed by atoms with Gasteiger partial charge in [-0.3, -0.25) is 9.69 Å². The molecule has 0 saturated carbocycles. The maximum Gasteiger partial charge on any atom is 0.321 e. The van der Waals surface area contributed by atoms with E-state index in [-0.39, 0.29) is 29.8 Å². The fourth-order valence-electron chi connectivity index (χ4n) is 4.45. The first-order chi connectivity index (χ1) is 14.4. The number of likely N-dealkylation sites (tertiary alicyclic amines) is 1. The van der Waals surface area contributed by atoms with Gasteiger partial charge in [0.1, 0.15) is 5.82 Å². The van der Waals surface area contributed by atoms with Crippen molar-refractivity contribution in [2.24, 2.45) is 0 Å². The van der Waals surface area contributed by atoms with Crippen molar-refractivity contribution < 1.29 is 14.0 Å². The fourth-order valence-corrected chi connectivity index (χ4v) is 4.45. The third-order valence-corrected chi connectivity index (χ3v) is 6.31. The molecule has 7 heteroatoms. The highest BCUT2D eigenvalue weighted by atomic mass is 19.1. The van der Waals surface area contributed by atoms with Crippen molar-refractivity contribution in [3.05, 3.63) is 59.9 Å². The van der Waals surface area contributed by atoms with Gasteiger partial charge in [0, 0.05) is 31.0 Å². The van der Waals surface area contributed by atoms with Crippen molar-refractivity contribution in [1.82, 2.24) is 9.80 Å². The number of piperazine rings is 1. The molecule has 1 atom stereocenters. The molecule has 0 radical (unpaired) electrons. The summed E-state index contributed by atoms with van der Waals surface area (Å²) < 4.78 is 13.7. The number of rotatable bonds is 3. The zero-order valence-electron chi connectivity index (χ0n) is 17.4. The Labute approximate surface area is 176 Å². The lowest BCUT2D eigenvalue weighted by atomic mass is 9.92. The van der Waals surface area contributed by atoms with Gasteiger partial charge in [0.15, 0.2) is 0 Å². The lowest BCUT2D eigenvalue weighted by Crippen LogP contribution is -2.64. The number of likely N-dealkylation sites (N-methyl/N-ethyl adjacent to an activating group) is 1. The minimum absolute atomic E-state index is 0.0616. The second-order valence-electron chi connectivity index (χ2n) is 8.15. The number of amides is 3. The molecule has 2 aliphatic heterocycles. The number of anilines is 2. The number of benzene rings is 2. The SMILES string of the molecule is CCc1ccccc1NC(=O)N1CC[C@]2(C1)CN(c1cccc(F)c1)C(=O)CN2C. The molecule has 2 heterocycles. The number of aryl methyl sites for hydroxylation is 1. The van der Waals surface area contributed by atoms with Gasteiger partial charge in [-0.05, 0) is 49.7 Å². The zero-order chi connectivity index (χ0) is 21.3. The first-order valence-electron chi connectivity index (χ1n) is 10.3. The smallest absolute Gasteiger partial charge is 0.321 e. The van der Waals surface area contributed by atoms with Crippen molar-refractivity contribution in [3.8, 4) is 0 Å². The van der Waals surface area contributed by atoms with Crippen LogP contribution in [0.1, 0.15) is 18.9 Å². The quantitative estimate of drug-likeness (QED) is 0.844. The molecule has 1 spiro atoms. The van der Waals surface area contributed by atoms with E-state index in [1.54, 1.807) is 17.0 Å². The Balaban J connectivity index is 1.50. The Hall–Kier alpha value is -2.93. The molecule has 1 N–H and O–H groups in total. The standard InChI is InChI=1S/C23H27FN4O2/c1-3-17-7-4-5-10-20(17)25-22(30)27-12-11-23(15-27)16-28(21(29)14-26(23)2)19-9-6-8-18(24)13-19/h4-10,13H,3,11-12,14-16H2,1-2H3,(H,25,30)/t23-/m0/s1. The molecule has 2 aromatic carbocycles. The molecule has 158 valence electrons. The second kappa shape index (κ2) is 8.07. The molecule has 4 rings (SSSR count). The minimum Gasteiger partial charge on any atom is -0.323 e. The number of nitrogens with one attached hydrogen (secondary N) is 1. The maximum atomic E-state index is 13.7. The molecule has 0 aromatic heterocycles. The molecule has 6 nitrogen and oxygen atoms in total. The van der Waals surface area contributed by atoms with Gasteiger partial charge in [-0.25, -0.2) is 9.18 Å². The normalized spacial score (nSPS) is 22.0. The Kier molecular flexibility index (Phi) is 5.47. The molecule has 30 heavy (non-hydrogen) atoms. The second-order valence-corrected chi connectivity index (χ2v) is 8.15. The van der Waals surface area contributed by atoms with Crippen LogP contribution in [0.15, 0.2) is 48.5 Å². The monoisotopic (exact) mass is 410 g/mol. The molecule has 0 aliphatic carbocycles. The zero-order valence-corrected chi connectivity index (χ0v) is 17.4. The van der Waals surface area contributed by atoms with Crippen LogP contribution in [0, 0.1) is 5.82 Å². The van der Waals surface area contributed by atoms with Gasteiger partial charge in [0.2, 0.25) is 5.91 Å². The van der Waals surface area contributed by atoms with Gasteiger partial charge in [-0.1, -0.05) is 31.2 Å². The van der Waals surface area contributed by atoms with Crippen LogP contribution in [-0.4, -0.2) is 60.5 Å². The van der Waals surface area contributed by atoms with Gasteiger partial charge in [0.25, 0.3) is 0 Å². The third kappa shape index (κ3) is 3.77. The van der Waals surface area contributed by atoms with Crippen LogP contribution >= 0.6 is 0 Å². The fraction of sp³-hybridized carbons (Fsp3) is 0.391. The summed E-state index contributed by atoms with van der Waals surface area (Å²) in [6.45, 7) is 3.86. The summed E-state index contributed by atoms with van der Waals surface area (Å²) in [6.07, 6.45) is 1.60. The largest absolute Gasteiger partial charge is 0.323 e. The Morgan fingerprint density at radius 2 is 1.97 bits per heavy atom. The first kappa shape index (κ1) is 20.3. The number of carbonyl (C=O) groups is 2. The highest BCUT2D eigenvalue weighted by molar-refractivity contribution is 5.96. The van der Waals surface area contributed by atoms with E-state index in [2.05, 4.69) is 12.2 Å². The van der Waals surface area contributed by atoms with E-state index in [4.69, 9.17) is 0 Å². The van der Waals surface area contributed by atoms with Gasteiger partial charge in [0.05, 0.1) is 12.1 Å². The molecule has 3 amide bonds. The van der Waals surface area contributed by atoms with Crippen LogP contribution in [0.5, 0.6) is 0 Å². The minimum atomic E-state index is -0.365. The maximum absolute atomic E-state index is 13.7. The third-order valence-electron chi connectivity index (χ3n) is 6.31. The van der Waals surface area contributed by atoms with Crippen molar-refractivity contribution >= 4 is 23.3 Å². The summed E-state index contributed by atoms with van der Waals surface area (Å²) in [5.41, 5.74) is 2.14. The van der Waals surface area contributed by atoms with E-state index in [1.807, 2.05) is 41.1 Å². The average Bonchev–Trinajstić information content (AvgIpc) is 3.17. The lowest BCUT2D eigenvalue weighted by Gasteiger charge is -2.46. The van der Waals surface area contributed by atoms with E-state index < -0.39 is 0 Å². The van der Waals surface area contributed by atoms with Crippen LogP contribution in [0.25, 0.3) is 0 Å². The van der Waals surface area contributed by atoms with Crippen molar-refractivity contribution in [1.29, 1.82) is 0 Å². The Morgan fingerprint density at radius 1 is 1.17 bits per heavy atom. The molecule has 2 aromatic rings. The number of hydrogen-bond acceptors (Lipinski definition) is 3. The summed E-state index contributed by atoms with van der Waals surface area (Å²) in [4.78, 5) is 31.1. The number of para-hydroxylation sites is 1. The Bertz CT molecular complexity index is 966. The topological polar surface area (TPSA) is 55.9 Å². The van der Waals surface area contributed by atoms with Crippen LogP contribution in [0.2, 0.25) is 0 Å². The molecule has 0 bridgehead atoms. The molecule has 2 saturated heterocycles. The first-order valence-corrected chi connectivity index (χ1v) is 10.3. The predicted octanol–water partition coefficient (Wildman–Crippen LogP) is 3.34. The summed E-state index contributed by atoms with van der Waals surface area (Å²) in [5, 5.41) is 3.04. The van der Waals surface area contributed by atoms with Gasteiger partial charge in [-0.2, -0.15) is 0 Å². The number of nitrogens with zero attached hydrogens (tertiary/aromatic N) is 3. The number of hydrogen-bond donors (Lipinski definition) is 1. The summed E-state index contributed by atoms with van der Waals surface area (Å²) in [7, 11) is 1.93. The van der Waals surface area contributed by atoms with E-state index >= 15 is 0 Å². The number of urea groups is 1. The van der Waals surface area contributed by atoms with Gasteiger partial charge in [-0.15, -0.1) is 0 Å². The predicted molar refractivity (Wildman–Crippen MR) is 115 cm³/mol. The van der Waals surface area contributed by atoms with Crippen molar-refractivity contribution in [3.63, 3.8) is 0 Å². The van der Waals surface area contributed by atoms with Crippen LogP contribution in [0.4, 0.5) is 20.6 Å². The lowest BCUT2D eigenvalue weighted by molar-refractivity contribution is -0.123. The molecule has 2 fully saturated rings. The average molecular weight is 410 g/mol. The summed E-state index contributed by atoms with van der Waals surface area (Å²) in [6, 6.07) is 13.8. The van der Waals surface area contributed by atoms with Crippen LogP contribution in [0.3, 0.4) is 0 Å². The molecular formula is C23H27FN4O2. The summed E-state index contributed by atoms with van der Waals surface area (Å²) in [5.74, 6) is -0.427. The highest BCUT2D eigenvalue weighted by Crippen LogP contribution is 2.34. The molecule has 2 aliphatic rings. The highest BCUT2D eigenvalue weighted by Gasteiger charge is 2.48. The number of halogens is 1. The van der Waals surface area contributed by atoms with Gasteiger partial charge < -0.3 is 15.1 Å². The van der Waals surface area contributed by atoms with Crippen LogP contribution < -0.4 is 10.2 Å². The molecule has 0 unspecified atom stereocenters. The van der Waals surface area contributed by atoms with E-state index in [0.717, 1.165) is 24.1 Å². The molecular weight excluding hydrogens is 383 g/mol. The Morgan fingerprint density at radius 3 is 2.73 bits per heavy atom. The van der Waals surface area contributed by atoms with E-state index in [1.165, 1.54) is 12.1 Å². The van der Waals surface area contributed by atoms with Crippen molar-refractivity contribution in [2.75, 3.05) is 43.4 Å². The van der Waals surface area contributed by atoms with Crippen LogP contribution in [-0.2, 0) is 11.2 Å². The van der Waals surface area contributed by atoms with E-state index in [0.29, 0.717) is 25.3 Å². The van der Waals surface area contributed by atoms with Gasteiger partial charge >= 0.3 is 6.03 Å². The van der Waals surface area contributed by atoms with Crippen molar-refractivity contribution in [2.45, 2.75) is 25.3 Å². The number of carbonyl (C=O) groups excluding carboxylic acids is 2. The van der Waals surface area contributed by atoms with E-state index in [9.17, 15) is 14.0 Å².